The Morgan fingerprint density at radius 1 is 1.42 bits per heavy atom. The van der Waals surface area contributed by atoms with Crippen LogP contribution in [0.3, 0.4) is 0 Å². The van der Waals surface area contributed by atoms with Crippen LogP contribution >= 0.6 is 23.1 Å². The lowest BCUT2D eigenvalue weighted by Crippen LogP contribution is -2.22. The van der Waals surface area contributed by atoms with Gasteiger partial charge < -0.3 is 5.32 Å². The van der Waals surface area contributed by atoms with Gasteiger partial charge in [-0.3, -0.25) is 9.89 Å². The highest BCUT2D eigenvalue weighted by atomic mass is 32.2. The number of thiophene rings is 1. The Hall–Kier alpha value is -2.63. The average molecular weight is 355 g/mol. The smallest absolute Gasteiger partial charge is 0.237 e. The number of aromatic amines is 1. The van der Waals surface area contributed by atoms with E-state index in [-0.39, 0.29) is 11.2 Å². The van der Waals surface area contributed by atoms with Crippen LogP contribution in [0.4, 0.5) is 5.69 Å². The van der Waals surface area contributed by atoms with Crippen LogP contribution < -0.4 is 5.32 Å². The van der Waals surface area contributed by atoms with Gasteiger partial charge in [0.05, 0.1) is 21.8 Å². The largest absolute Gasteiger partial charge is 0.325 e. The number of hydrogen-bond acceptors (Lipinski definition) is 6. The summed E-state index contributed by atoms with van der Waals surface area (Å²) >= 11 is 2.84. The van der Waals surface area contributed by atoms with E-state index in [4.69, 9.17) is 5.26 Å². The number of rotatable bonds is 5. The second-order valence-electron chi connectivity index (χ2n) is 4.89. The van der Waals surface area contributed by atoms with Crippen molar-refractivity contribution < 1.29 is 4.79 Å². The van der Waals surface area contributed by atoms with Crippen LogP contribution in [0, 0.1) is 11.3 Å². The summed E-state index contributed by atoms with van der Waals surface area (Å²) in [6, 6.07) is 12.8. The van der Waals surface area contributed by atoms with Gasteiger partial charge in [-0.15, -0.1) is 16.4 Å². The molecular formula is C16H13N5OS2. The van der Waals surface area contributed by atoms with Crippen molar-refractivity contribution >= 4 is 34.7 Å². The van der Waals surface area contributed by atoms with Gasteiger partial charge in [0, 0.05) is 5.69 Å². The van der Waals surface area contributed by atoms with Gasteiger partial charge in [0.2, 0.25) is 11.1 Å². The van der Waals surface area contributed by atoms with Gasteiger partial charge in [-0.25, -0.2) is 4.98 Å². The zero-order valence-corrected chi connectivity index (χ0v) is 14.3. The van der Waals surface area contributed by atoms with Crippen molar-refractivity contribution in [1.82, 2.24) is 15.2 Å². The van der Waals surface area contributed by atoms with Gasteiger partial charge in [-0.1, -0.05) is 23.9 Å². The Labute approximate surface area is 146 Å². The van der Waals surface area contributed by atoms with Gasteiger partial charge in [0.15, 0.2) is 5.82 Å². The van der Waals surface area contributed by atoms with Gasteiger partial charge >= 0.3 is 0 Å². The van der Waals surface area contributed by atoms with Crippen molar-refractivity contribution in [1.29, 1.82) is 5.26 Å². The predicted octanol–water partition coefficient (Wildman–Crippen LogP) is 3.52. The van der Waals surface area contributed by atoms with Crippen molar-refractivity contribution in [2.24, 2.45) is 0 Å². The van der Waals surface area contributed by atoms with Crippen LogP contribution in [-0.2, 0) is 4.79 Å². The summed E-state index contributed by atoms with van der Waals surface area (Å²) in [7, 11) is 0. The normalized spacial score (nSPS) is 11.7. The first-order chi connectivity index (χ1) is 11.7. The summed E-state index contributed by atoms with van der Waals surface area (Å²) in [5.41, 5.74) is 1.10. The van der Waals surface area contributed by atoms with Crippen LogP contribution in [0.2, 0.25) is 0 Å². The Bertz CT molecular complexity index is 882. The van der Waals surface area contributed by atoms with E-state index in [1.807, 2.05) is 23.6 Å². The maximum Gasteiger partial charge on any atom is 0.237 e. The summed E-state index contributed by atoms with van der Waals surface area (Å²) in [5, 5.41) is 20.8. The second kappa shape index (κ2) is 7.29. The molecule has 1 atom stereocenters. The third-order valence-electron chi connectivity index (χ3n) is 3.13. The molecule has 2 heterocycles. The van der Waals surface area contributed by atoms with E-state index in [1.54, 1.807) is 42.5 Å². The number of hydrogen-bond donors (Lipinski definition) is 2. The van der Waals surface area contributed by atoms with E-state index in [0.29, 0.717) is 22.2 Å². The Balaban J connectivity index is 1.63. The number of aromatic nitrogens is 3. The molecule has 2 aromatic heterocycles. The maximum atomic E-state index is 12.3. The van der Waals surface area contributed by atoms with Gasteiger partial charge in [-0.2, -0.15) is 5.26 Å². The topological polar surface area (TPSA) is 94.5 Å². The number of nitrogens with one attached hydrogen (secondary N) is 2. The van der Waals surface area contributed by atoms with E-state index < -0.39 is 0 Å². The fraction of sp³-hybridized carbons (Fsp3) is 0.125. The zero-order chi connectivity index (χ0) is 16.9. The van der Waals surface area contributed by atoms with E-state index in [2.05, 4.69) is 20.5 Å². The van der Waals surface area contributed by atoms with Crippen LogP contribution in [0.5, 0.6) is 0 Å². The van der Waals surface area contributed by atoms with Gasteiger partial charge in [0.1, 0.15) is 0 Å². The minimum atomic E-state index is -0.372. The quantitative estimate of drug-likeness (QED) is 0.683. The highest BCUT2D eigenvalue weighted by Crippen LogP contribution is 2.25. The Kier molecular flexibility index (Phi) is 4.93. The zero-order valence-electron chi connectivity index (χ0n) is 12.7. The molecule has 0 aliphatic heterocycles. The van der Waals surface area contributed by atoms with Crippen LogP contribution in [-0.4, -0.2) is 26.3 Å². The molecular weight excluding hydrogens is 342 g/mol. The highest BCUT2D eigenvalue weighted by Gasteiger charge is 2.18. The van der Waals surface area contributed by atoms with Crippen molar-refractivity contribution in [2.75, 3.05) is 5.32 Å². The molecule has 2 N–H and O–H groups in total. The van der Waals surface area contributed by atoms with Crippen LogP contribution in [0.15, 0.2) is 46.9 Å². The highest BCUT2D eigenvalue weighted by molar-refractivity contribution is 8.00. The van der Waals surface area contributed by atoms with E-state index >= 15 is 0 Å². The van der Waals surface area contributed by atoms with Crippen LogP contribution in [0.1, 0.15) is 12.5 Å². The number of anilines is 1. The number of carbonyl (C=O) groups excluding carboxylic acids is 1. The number of benzene rings is 1. The van der Waals surface area contributed by atoms with Crippen molar-refractivity contribution in [3.63, 3.8) is 0 Å². The summed E-state index contributed by atoms with van der Waals surface area (Å²) < 4.78 is 0. The van der Waals surface area contributed by atoms with Gasteiger partial charge in [-0.05, 0) is 36.6 Å². The summed E-state index contributed by atoms with van der Waals surface area (Å²) in [6.07, 6.45) is 0. The first-order valence-electron chi connectivity index (χ1n) is 7.09. The Morgan fingerprint density at radius 2 is 2.29 bits per heavy atom. The number of thioether (sulfide) groups is 1. The molecule has 6 nitrogen and oxygen atoms in total. The van der Waals surface area contributed by atoms with E-state index in [0.717, 1.165) is 4.88 Å². The fourth-order valence-electron chi connectivity index (χ4n) is 1.94. The summed E-state index contributed by atoms with van der Waals surface area (Å²) in [6.45, 7) is 1.79. The average Bonchev–Trinajstić information content (AvgIpc) is 3.26. The monoisotopic (exact) mass is 355 g/mol. The molecule has 0 spiro atoms. The molecule has 0 aliphatic rings. The molecule has 1 unspecified atom stereocenters. The third kappa shape index (κ3) is 3.82. The maximum absolute atomic E-state index is 12.3. The molecule has 3 aromatic rings. The first-order valence-corrected chi connectivity index (χ1v) is 8.85. The molecule has 0 saturated carbocycles. The lowest BCUT2D eigenvalue weighted by molar-refractivity contribution is -0.115. The minimum Gasteiger partial charge on any atom is -0.325 e. The SMILES string of the molecule is CC(Sc1n[nH]c(-c2cccs2)n1)C(=O)Nc1cccc(C#N)c1. The fourth-order valence-corrected chi connectivity index (χ4v) is 3.33. The lowest BCUT2D eigenvalue weighted by Gasteiger charge is -2.10. The van der Waals surface area contributed by atoms with Gasteiger partial charge in [0.25, 0.3) is 0 Å². The standard InChI is InChI=1S/C16H13N5OS2/c1-10(15(22)18-12-5-2-4-11(8-12)9-17)24-16-19-14(20-21-16)13-6-3-7-23-13/h2-8,10H,1H3,(H,18,22)(H,19,20,21). The van der Waals surface area contributed by atoms with E-state index in [1.165, 1.54) is 11.8 Å². The van der Waals surface area contributed by atoms with Crippen LogP contribution in [0.25, 0.3) is 10.7 Å². The summed E-state index contributed by atoms with van der Waals surface area (Å²) in [5.74, 6) is 0.527. The van der Waals surface area contributed by atoms with Crippen molar-refractivity contribution in [3.8, 4) is 16.8 Å². The summed E-state index contributed by atoms with van der Waals surface area (Å²) in [4.78, 5) is 17.7. The molecule has 0 saturated heterocycles. The first kappa shape index (κ1) is 16.2. The molecule has 24 heavy (non-hydrogen) atoms. The molecule has 0 radical (unpaired) electrons. The molecule has 1 amide bonds. The molecule has 0 fully saturated rings. The van der Waals surface area contributed by atoms with E-state index in [9.17, 15) is 4.79 Å². The number of nitrogens with zero attached hydrogens (tertiary/aromatic N) is 3. The molecule has 120 valence electrons. The molecule has 8 heteroatoms. The van der Waals surface area contributed by atoms with Crippen molar-refractivity contribution in [2.45, 2.75) is 17.3 Å². The number of H-pyrrole nitrogens is 1. The van der Waals surface area contributed by atoms with Crippen molar-refractivity contribution in [3.05, 3.63) is 47.3 Å². The molecule has 3 rings (SSSR count). The number of amides is 1. The second-order valence-corrected chi connectivity index (χ2v) is 7.14. The molecule has 1 aromatic carbocycles. The predicted molar refractivity (Wildman–Crippen MR) is 94.8 cm³/mol. The molecule has 0 bridgehead atoms. The Morgan fingerprint density at radius 3 is 3.04 bits per heavy atom. The number of carbonyl (C=O) groups is 1. The molecule has 0 aliphatic carbocycles. The lowest BCUT2D eigenvalue weighted by atomic mass is 10.2. The minimum absolute atomic E-state index is 0.169. The third-order valence-corrected chi connectivity index (χ3v) is 4.97. The number of nitriles is 1.